The van der Waals surface area contributed by atoms with Gasteiger partial charge in [-0.2, -0.15) is 0 Å². The van der Waals surface area contributed by atoms with Crippen LogP contribution in [0.15, 0.2) is 22.7 Å². The summed E-state index contributed by atoms with van der Waals surface area (Å²) in [4.78, 5) is 0. The van der Waals surface area contributed by atoms with Gasteiger partial charge >= 0.3 is 0 Å². The first kappa shape index (κ1) is 10.1. The number of hydrogen-bond donors (Lipinski definition) is 1. The number of hydrogen-bond acceptors (Lipinski definition) is 1. The van der Waals surface area contributed by atoms with Gasteiger partial charge in [0.05, 0.1) is 0 Å². The Balaban J connectivity index is 2.54. The van der Waals surface area contributed by atoms with Gasteiger partial charge in [-0.3, -0.25) is 0 Å². The maximum atomic E-state index is 13.5. The first-order valence-electron chi connectivity index (χ1n) is 4.39. The molecule has 1 atom stereocenters. The molecule has 76 valence electrons. The molecule has 1 nitrogen and oxygen atoms in total. The highest BCUT2D eigenvalue weighted by molar-refractivity contribution is 9.10. The van der Waals surface area contributed by atoms with Crippen molar-refractivity contribution in [2.75, 3.05) is 7.05 Å². The second-order valence-corrected chi connectivity index (χ2v) is 4.40. The number of fused-ring (bicyclic) bond motifs is 1. The van der Waals surface area contributed by atoms with Crippen molar-refractivity contribution in [3.05, 3.63) is 33.8 Å². The summed E-state index contributed by atoms with van der Waals surface area (Å²) in [7, 11) is 1.71. The molecule has 0 bridgehead atoms. The molecule has 0 radical (unpaired) electrons. The minimum Gasteiger partial charge on any atom is -0.313 e. The van der Waals surface area contributed by atoms with Gasteiger partial charge in [0.2, 0.25) is 0 Å². The van der Waals surface area contributed by atoms with Crippen molar-refractivity contribution in [3.8, 4) is 0 Å². The average molecular weight is 262 g/mol. The first-order chi connectivity index (χ1) is 6.54. The second-order valence-electron chi connectivity index (χ2n) is 3.48. The van der Waals surface area contributed by atoms with Crippen molar-refractivity contribution in [2.45, 2.75) is 18.4 Å². The molecule has 0 amide bonds. The predicted octanol–water partition coefficient (Wildman–Crippen LogP) is 3.21. The molecule has 0 spiro atoms. The number of benzene rings is 1. The fourth-order valence-electron chi connectivity index (χ4n) is 1.88. The van der Waals surface area contributed by atoms with Crippen molar-refractivity contribution in [3.63, 3.8) is 0 Å². The van der Waals surface area contributed by atoms with Crippen molar-refractivity contribution in [2.24, 2.45) is 0 Å². The van der Waals surface area contributed by atoms with Crippen LogP contribution in [0.5, 0.6) is 0 Å². The van der Waals surface area contributed by atoms with E-state index in [0.717, 1.165) is 0 Å². The lowest BCUT2D eigenvalue weighted by molar-refractivity contribution is -0.00842. The Kier molecular flexibility index (Phi) is 2.35. The molecule has 0 fully saturated rings. The summed E-state index contributed by atoms with van der Waals surface area (Å²) in [6.45, 7) is 0. The van der Waals surface area contributed by atoms with Crippen LogP contribution in [0.25, 0.3) is 0 Å². The van der Waals surface area contributed by atoms with E-state index in [1.54, 1.807) is 19.2 Å². The molecule has 1 aromatic rings. The van der Waals surface area contributed by atoms with E-state index in [0.29, 0.717) is 10.0 Å². The first-order valence-corrected chi connectivity index (χ1v) is 5.19. The van der Waals surface area contributed by atoms with E-state index < -0.39 is 5.92 Å². The van der Waals surface area contributed by atoms with Crippen molar-refractivity contribution < 1.29 is 8.78 Å². The highest BCUT2D eigenvalue weighted by Crippen LogP contribution is 2.47. The van der Waals surface area contributed by atoms with E-state index in [1.807, 2.05) is 0 Å². The summed E-state index contributed by atoms with van der Waals surface area (Å²) in [5.74, 6) is -2.70. The van der Waals surface area contributed by atoms with E-state index in [4.69, 9.17) is 0 Å². The zero-order valence-corrected chi connectivity index (χ0v) is 9.24. The number of alkyl halides is 2. The van der Waals surface area contributed by atoms with Gasteiger partial charge in [-0.1, -0.05) is 22.0 Å². The van der Waals surface area contributed by atoms with Gasteiger partial charge in [0.15, 0.2) is 0 Å². The van der Waals surface area contributed by atoms with Crippen LogP contribution in [0.2, 0.25) is 0 Å². The molecule has 0 heterocycles. The van der Waals surface area contributed by atoms with Crippen LogP contribution < -0.4 is 5.32 Å². The van der Waals surface area contributed by atoms with Crippen LogP contribution in [0.3, 0.4) is 0 Å². The summed E-state index contributed by atoms with van der Waals surface area (Å²) >= 11 is 3.20. The number of nitrogens with one attached hydrogen (secondary N) is 1. The minimum absolute atomic E-state index is 0.144. The van der Waals surface area contributed by atoms with Gasteiger partial charge < -0.3 is 5.32 Å². The SMILES string of the molecule is CNC1CC(F)(F)c2cc(Br)ccc21. The van der Waals surface area contributed by atoms with Crippen molar-refractivity contribution in [1.82, 2.24) is 5.32 Å². The van der Waals surface area contributed by atoms with E-state index in [9.17, 15) is 8.78 Å². The van der Waals surface area contributed by atoms with Gasteiger partial charge in [-0.05, 0) is 24.7 Å². The third-order valence-corrected chi connectivity index (χ3v) is 3.09. The number of rotatable bonds is 1. The molecular weight excluding hydrogens is 252 g/mol. The van der Waals surface area contributed by atoms with Crippen LogP contribution in [0, 0.1) is 0 Å². The molecule has 0 aliphatic heterocycles. The Labute approximate surface area is 89.6 Å². The van der Waals surface area contributed by atoms with Crippen LogP contribution in [-0.4, -0.2) is 7.05 Å². The van der Waals surface area contributed by atoms with E-state index in [2.05, 4.69) is 21.2 Å². The molecule has 1 N–H and O–H groups in total. The zero-order chi connectivity index (χ0) is 10.3. The maximum absolute atomic E-state index is 13.5. The molecule has 1 aliphatic carbocycles. The fourth-order valence-corrected chi connectivity index (χ4v) is 2.24. The van der Waals surface area contributed by atoms with Crippen LogP contribution in [0.1, 0.15) is 23.6 Å². The monoisotopic (exact) mass is 261 g/mol. The Bertz CT molecular complexity index is 365. The van der Waals surface area contributed by atoms with Crippen molar-refractivity contribution >= 4 is 15.9 Å². The quantitative estimate of drug-likeness (QED) is 0.819. The largest absolute Gasteiger partial charge is 0.313 e. The van der Waals surface area contributed by atoms with Crippen LogP contribution in [-0.2, 0) is 5.92 Å². The van der Waals surface area contributed by atoms with Gasteiger partial charge in [0, 0.05) is 22.5 Å². The summed E-state index contributed by atoms with van der Waals surface area (Å²) in [6, 6.07) is 4.83. The lowest BCUT2D eigenvalue weighted by Crippen LogP contribution is -2.15. The van der Waals surface area contributed by atoms with Crippen LogP contribution >= 0.6 is 15.9 Å². The third-order valence-electron chi connectivity index (χ3n) is 2.59. The molecule has 1 aliphatic rings. The van der Waals surface area contributed by atoms with Gasteiger partial charge in [0.1, 0.15) is 0 Å². The second kappa shape index (κ2) is 3.28. The summed E-state index contributed by atoms with van der Waals surface area (Å²) in [5, 5.41) is 2.90. The van der Waals surface area contributed by atoms with Gasteiger partial charge in [-0.15, -0.1) is 0 Å². The average Bonchev–Trinajstić information content (AvgIpc) is 2.38. The normalized spacial score (nSPS) is 23.6. The highest BCUT2D eigenvalue weighted by atomic mass is 79.9. The molecule has 0 aromatic heterocycles. The van der Waals surface area contributed by atoms with Gasteiger partial charge in [-0.25, -0.2) is 8.78 Å². The van der Waals surface area contributed by atoms with E-state index in [1.165, 1.54) is 6.07 Å². The topological polar surface area (TPSA) is 12.0 Å². The molecule has 0 saturated carbocycles. The third kappa shape index (κ3) is 1.46. The molecular formula is C10H10BrF2N. The Morgan fingerprint density at radius 3 is 2.86 bits per heavy atom. The molecule has 1 unspecified atom stereocenters. The van der Waals surface area contributed by atoms with E-state index in [-0.39, 0.29) is 18.0 Å². The smallest absolute Gasteiger partial charge is 0.275 e. The summed E-state index contributed by atoms with van der Waals surface area (Å²) in [6.07, 6.45) is -0.144. The maximum Gasteiger partial charge on any atom is 0.275 e. The zero-order valence-electron chi connectivity index (χ0n) is 7.65. The van der Waals surface area contributed by atoms with Crippen LogP contribution in [0.4, 0.5) is 8.78 Å². The molecule has 1 aromatic carbocycles. The fraction of sp³-hybridized carbons (Fsp3) is 0.400. The predicted molar refractivity (Wildman–Crippen MR) is 54.5 cm³/mol. The summed E-state index contributed by atoms with van der Waals surface area (Å²) < 4.78 is 27.7. The standard InChI is InChI=1S/C10H10BrF2N/c1-14-9-5-10(12,13)8-4-6(11)2-3-7(8)9/h2-4,9,14H,5H2,1H3. The van der Waals surface area contributed by atoms with Gasteiger partial charge in [0.25, 0.3) is 5.92 Å². The van der Waals surface area contributed by atoms with E-state index >= 15 is 0 Å². The lowest BCUT2D eigenvalue weighted by Gasteiger charge is -2.09. The number of halogens is 3. The highest BCUT2D eigenvalue weighted by Gasteiger charge is 2.44. The molecule has 0 saturated heterocycles. The summed E-state index contributed by atoms with van der Waals surface area (Å²) in [5.41, 5.74) is 0.854. The minimum atomic E-state index is -2.70. The Morgan fingerprint density at radius 1 is 1.50 bits per heavy atom. The molecule has 14 heavy (non-hydrogen) atoms. The molecule has 4 heteroatoms. The Hall–Kier alpha value is -0.480. The molecule has 2 rings (SSSR count). The Morgan fingerprint density at radius 2 is 2.21 bits per heavy atom. The lowest BCUT2D eigenvalue weighted by atomic mass is 10.1. The van der Waals surface area contributed by atoms with Crippen molar-refractivity contribution in [1.29, 1.82) is 0 Å².